The van der Waals surface area contributed by atoms with Gasteiger partial charge >= 0.3 is 0 Å². The van der Waals surface area contributed by atoms with E-state index in [-0.39, 0.29) is 0 Å². The summed E-state index contributed by atoms with van der Waals surface area (Å²) in [5.41, 5.74) is 4.29. The zero-order chi connectivity index (χ0) is 11.4. The minimum atomic E-state index is 0.795. The van der Waals surface area contributed by atoms with Crippen LogP contribution >= 0.6 is 0 Å². The summed E-state index contributed by atoms with van der Waals surface area (Å²) < 4.78 is 5.07. The summed E-state index contributed by atoms with van der Waals surface area (Å²) in [7, 11) is 3.87. The number of fused-ring (bicyclic) bond motifs is 1. The highest BCUT2D eigenvalue weighted by Crippen LogP contribution is 2.17. The molecule has 0 fully saturated rings. The molecule has 16 heavy (non-hydrogen) atoms. The minimum Gasteiger partial charge on any atom is -0.383 e. The molecule has 1 aromatic rings. The lowest BCUT2D eigenvalue weighted by Gasteiger charge is -2.16. The third-order valence-corrected chi connectivity index (χ3v) is 3.03. The molecule has 0 radical (unpaired) electrons. The van der Waals surface area contributed by atoms with Crippen molar-refractivity contribution in [3.05, 3.63) is 34.9 Å². The van der Waals surface area contributed by atoms with Crippen LogP contribution < -0.4 is 5.32 Å². The fourth-order valence-electron chi connectivity index (χ4n) is 2.08. The molecular formula is C13H20N2O. The number of hydrogen-bond donors (Lipinski definition) is 1. The van der Waals surface area contributed by atoms with Crippen molar-refractivity contribution in [1.29, 1.82) is 0 Å². The van der Waals surface area contributed by atoms with Crippen LogP contribution in [0.2, 0.25) is 0 Å². The lowest BCUT2D eigenvalue weighted by molar-refractivity contribution is 0.158. The molecule has 0 amide bonds. The van der Waals surface area contributed by atoms with Gasteiger partial charge in [0.05, 0.1) is 6.61 Å². The molecule has 3 nitrogen and oxygen atoms in total. The molecule has 3 heteroatoms. The summed E-state index contributed by atoms with van der Waals surface area (Å²) >= 11 is 0. The smallest absolute Gasteiger partial charge is 0.0589 e. The summed E-state index contributed by atoms with van der Waals surface area (Å²) in [5, 5.41) is 3.37. The standard InChI is InChI=1S/C13H20N2O/c1-15(5-6-16-2)10-11-3-4-12-8-14-9-13(12)7-11/h3-4,7,14H,5-6,8-10H2,1-2H3. The average molecular weight is 220 g/mol. The summed E-state index contributed by atoms with van der Waals surface area (Å²) in [5.74, 6) is 0. The maximum atomic E-state index is 5.07. The molecule has 88 valence electrons. The summed E-state index contributed by atoms with van der Waals surface area (Å²) in [6.07, 6.45) is 0. The summed E-state index contributed by atoms with van der Waals surface area (Å²) in [6.45, 7) is 4.81. The Bertz CT molecular complexity index is 352. The molecule has 2 rings (SSSR count). The molecule has 0 unspecified atom stereocenters. The average Bonchev–Trinajstić information content (AvgIpc) is 2.73. The molecule has 0 saturated carbocycles. The molecule has 1 N–H and O–H groups in total. The van der Waals surface area contributed by atoms with Crippen molar-refractivity contribution < 1.29 is 4.74 Å². The highest BCUT2D eigenvalue weighted by molar-refractivity contribution is 5.34. The van der Waals surface area contributed by atoms with Crippen LogP contribution in [0.5, 0.6) is 0 Å². The molecular weight excluding hydrogens is 200 g/mol. The van der Waals surface area contributed by atoms with E-state index in [0.29, 0.717) is 0 Å². The van der Waals surface area contributed by atoms with E-state index in [1.807, 2.05) is 0 Å². The summed E-state index contributed by atoms with van der Waals surface area (Å²) in [4.78, 5) is 2.29. The van der Waals surface area contributed by atoms with Gasteiger partial charge in [-0.2, -0.15) is 0 Å². The molecule has 1 aliphatic rings. The van der Waals surface area contributed by atoms with Crippen LogP contribution in [0.3, 0.4) is 0 Å². The molecule has 1 aliphatic heterocycles. The number of methoxy groups -OCH3 is 1. The molecule has 0 aliphatic carbocycles. The highest BCUT2D eigenvalue weighted by Gasteiger charge is 2.10. The van der Waals surface area contributed by atoms with Crippen molar-refractivity contribution in [2.75, 3.05) is 27.3 Å². The number of likely N-dealkylation sites (N-methyl/N-ethyl adjacent to an activating group) is 1. The number of hydrogen-bond acceptors (Lipinski definition) is 3. The minimum absolute atomic E-state index is 0.795. The number of ether oxygens (including phenoxy) is 1. The van der Waals surface area contributed by atoms with Crippen LogP contribution in [0, 0.1) is 0 Å². The molecule has 1 heterocycles. The second-order valence-corrected chi connectivity index (χ2v) is 4.44. The molecule has 0 spiro atoms. The lowest BCUT2D eigenvalue weighted by atomic mass is 10.1. The highest BCUT2D eigenvalue weighted by atomic mass is 16.5. The predicted octanol–water partition coefficient (Wildman–Crippen LogP) is 1.37. The van der Waals surface area contributed by atoms with Gasteiger partial charge in [0, 0.05) is 33.3 Å². The van der Waals surface area contributed by atoms with E-state index in [4.69, 9.17) is 4.74 Å². The zero-order valence-corrected chi connectivity index (χ0v) is 10.1. The SMILES string of the molecule is COCCN(C)Cc1ccc2c(c1)CNC2. The molecule has 0 saturated heterocycles. The second kappa shape index (κ2) is 5.43. The zero-order valence-electron chi connectivity index (χ0n) is 10.1. The van der Waals surface area contributed by atoms with Gasteiger partial charge in [-0.3, -0.25) is 4.90 Å². The Morgan fingerprint density at radius 3 is 2.94 bits per heavy atom. The third-order valence-electron chi connectivity index (χ3n) is 3.03. The van der Waals surface area contributed by atoms with Crippen LogP contribution in [-0.4, -0.2) is 32.2 Å². The van der Waals surface area contributed by atoms with E-state index in [1.54, 1.807) is 7.11 Å². The van der Waals surface area contributed by atoms with Gasteiger partial charge in [0.1, 0.15) is 0 Å². The van der Waals surface area contributed by atoms with Crippen LogP contribution in [-0.2, 0) is 24.4 Å². The van der Waals surface area contributed by atoms with Gasteiger partial charge in [0.2, 0.25) is 0 Å². The second-order valence-electron chi connectivity index (χ2n) is 4.44. The van der Waals surface area contributed by atoms with Gasteiger partial charge < -0.3 is 10.1 Å². The van der Waals surface area contributed by atoms with Crippen molar-refractivity contribution in [2.24, 2.45) is 0 Å². The lowest BCUT2D eigenvalue weighted by Crippen LogP contribution is -2.22. The monoisotopic (exact) mass is 220 g/mol. The Kier molecular flexibility index (Phi) is 3.93. The van der Waals surface area contributed by atoms with Crippen LogP contribution in [0.15, 0.2) is 18.2 Å². The first-order chi connectivity index (χ1) is 7.79. The fourth-order valence-corrected chi connectivity index (χ4v) is 2.08. The molecule has 0 bridgehead atoms. The van der Waals surface area contributed by atoms with Crippen LogP contribution in [0.25, 0.3) is 0 Å². The Balaban J connectivity index is 1.94. The Hall–Kier alpha value is -0.900. The normalized spacial score (nSPS) is 14.4. The summed E-state index contributed by atoms with van der Waals surface area (Å²) in [6, 6.07) is 6.79. The third kappa shape index (κ3) is 2.82. The van der Waals surface area contributed by atoms with Crippen molar-refractivity contribution in [3.8, 4) is 0 Å². The van der Waals surface area contributed by atoms with E-state index in [0.717, 1.165) is 32.8 Å². The maximum absolute atomic E-state index is 5.07. The molecule has 1 aromatic carbocycles. The van der Waals surface area contributed by atoms with Gasteiger partial charge in [-0.15, -0.1) is 0 Å². The maximum Gasteiger partial charge on any atom is 0.0589 e. The van der Waals surface area contributed by atoms with E-state index in [9.17, 15) is 0 Å². The van der Waals surface area contributed by atoms with Gasteiger partial charge in [-0.05, 0) is 23.7 Å². The first-order valence-corrected chi connectivity index (χ1v) is 5.78. The van der Waals surface area contributed by atoms with Gasteiger partial charge in [-0.1, -0.05) is 18.2 Å². The largest absolute Gasteiger partial charge is 0.383 e. The van der Waals surface area contributed by atoms with Crippen molar-refractivity contribution in [3.63, 3.8) is 0 Å². The number of nitrogens with zero attached hydrogens (tertiary/aromatic N) is 1. The van der Waals surface area contributed by atoms with Crippen molar-refractivity contribution in [2.45, 2.75) is 19.6 Å². The van der Waals surface area contributed by atoms with Crippen molar-refractivity contribution in [1.82, 2.24) is 10.2 Å². The first kappa shape index (κ1) is 11.6. The predicted molar refractivity (Wildman–Crippen MR) is 65.2 cm³/mol. The molecule has 0 atom stereocenters. The van der Waals surface area contributed by atoms with Crippen molar-refractivity contribution >= 4 is 0 Å². The van der Waals surface area contributed by atoms with E-state index >= 15 is 0 Å². The number of rotatable bonds is 5. The Morgan fingerprint density at radius 1 is 1.31 bits per heavy atom. The van der Waals surface area contributed by atoms with E-state index in [1.165, 1.54) is 16.7 Å². The van der Waals surface area contributed by atoms with Crippen LogP contribution in [0.4, 0.5) is 0 Å². The Labute approximate surface area is 97.4 Å². The fraction of sp³-hybridized carbons (Fsp3) is 0.538. The Morgan fingerprint density at radius 2 is 2.12 bits per heavy atom. The van der Waals surface area contributed by atoms with Gasteiger partial charge in [0.15, 0.2) is 0 Å². The van der Waals surface area contributed by atoms with Gasteiger partial charge in [-0.25, -0.2) is 0 Å². The van der Waals surface area contributed by atoms with E-state index < -0.39 is 0 Å². The van der Waals surface area contributed by atoms with E-state index in [2.05, 4.69) is 35.5 Å². The van der Waals surface area contributed by atoms with Gasteiger partial charge in [0.25, 0.3) is 0 Å². The quantitative estimate of drug-likeness (QED) is 0.811. The number of nitrogens with one attached hydrogen (secondary N) is 1. The first-order valence-electron chi connectivity index (χ1n) is 5.78. The van der Waals surface area contributed by atoms with Crippen LogP contribution in [0.1, 0.15) is 16.7 Å². The molecule has 0 aromatic heterocycles. The number of benzene rings is 1. The topological polar surface area (TPSA) is 24.5 Å².